The summed E-state index contributed by atoms with van der Waals surface area (Å²) in [7, 11) is 0. The van der Waals surface area contributed by atoms with E-state index in [1.54, 1.807) is 0 Å². The molecule has 18 heavy (non-hydrogen) atoms. The average molecular weight is 252 g/mol. The van der Waals surface area contributed by atoms with Gasteiger partial charge in [0.2, 0.25) is 0 Å². The van der Waals surface area contributed by atoms with Gasteiger partial charge in [0.15, 0.2) is 0 Å². The Morgan fingerprint density at radius 2 is 1.94 bits per heavy atom. The number of hydrogen-bond donors (Lipinski definition) is 1. The van der Waals surface area contributed by atoms with E-state index in [0.29, 0.717) is 5.41 Å². The van der Waals surface area contributed by atoms with Gasteiger partial charge in [0, 0.05) is 19.1 Å². The zero-order chi connectivity index (χ0) is 12.8. The molecular formula is C16H32N2. The monoisotopic (exact) mass is 252 g/mol. The van der Waals surface area contributed by atoms with Crippen molar-refractivity contribution in [2.45, 2.75) is 71.3 Å². The van der Waals surface area contributed by atoms with Gasteiger partial charge in [0.1, 0.15) is 0 Å². The highest BCUT2D eigenvalue weighted by Crippen LogP contribution is 2.39. The largest absolute Gasteiger partial charge is 0.316 e. The molecule has 1 saturated carbocycles. The van der Waals surface area contributed by atoms with E-state index in [1.807, 2.05) is 0 Å². The van der Waals surface area contributed by atoms with Gasteiger partial charge in [-0.05, 0) is 57.5 Å². The molecule has 106 valence electrons. The van der Waals surface area contributed by atoms with Crippen molar-refractivity contribution in [2.24, 2.45) is 5.41 Å². The molecule has 2 heteroatoms. The van der Waals surface area contributed by atoms with Crippen LogP contribution in [-0.4, -0.2) is 37.1 Å². The summed E-state index contributed by atoms with van der Waals surface area (Å²) >= 11 is 0. The summed E-state index contributed by atoms with van der Waals surface area (Å²) in [6, 6.07) is 0.822. The van der Waals surface area contributed by atoms with E-state index >= 15 is 0 Å². The normalized spacial score (nSPS) is 28.7. The molecule has 0 radical (unpaired) electrons. The van der Waals surface area contributed by atoms with Crippen molar-refractivity contribution in [3.63, 3.8) is 0 Å². The fourth-order valence-corrected chi connectivity index (χ4v) is 3.87. The lowest BCUT2D eigenvalue weighted by molar-refractivity contribution is 0.0891. The highest BCUT2D eigenvalue weighted by molar-refractivity contribution is 4.91. The molecule has 0 spiro atoms. The van der Waals surface area contributed by atoms with Gasteiger partial charge < -0.3 is 10.2 Å². The van der Waals surface area contributed by atoms with Gasteiger partial charge in [-0.15, -0.1) is 0 Å². The van der Waals surface area contributed by atoms with E-state index in [-0.39, 0.29) is 0 Å². The summed E-state index contributed by atoms with van der Waals surface area (Å²) < 4.78 is 0. The molecule has 2 nitrogen and oxygen atoms in total. The third-order valence-electron chi connectivity index (χ3n) is 5.07. The van der Waals surface area contributed by atoms with Crippen molar-refractivity contribution in [1.29, 1.82) is 0 Å². The van der Waals surface area contributed by atoms with E-state index < -0.39 is 0 Å². The maximum Gasteiger partial charge on any atom is 0.00671 e. The number of likely N-dealkylation sites (tertiary alicyclic amines) is 1. The van der Waals surface area contributed by atoms with Crippen LogP contribution in [0.5, 0.6) is 0 Å². The molecule has 1 N–H and O–H groups in total. The van der Waals surface area contributed by atoms with Gasteiger partial charge in [-0.1, -0.05) is 26.2 Å². The molecule has 0 bridgehead atoms. The molecule has 1 aliphatic heterocycles. The summed E-state index contributed by atoms with van der Waals surface area (Å²) in [6.45, 7) is 9.84. The molecule has 2 rings (SSSR count). The molecule has 1 heterocycles. The molecule has 0 aromatic rings. The van der Waals surface area contributed by atoms with Crippen LogP contribution in [0, 0.1) is 5.41 Å². The Morgan fingerprint density at radius 1 is 1.17 bits per heavy atom. The van der Waals surface area contributed by atoms with E-state index in [4.69, 9.17) is 0 Å². The zero-order valence-corrected chi connectivity index (χ0v) is 12.5. The van der Waals surface area contributed by atoms with Crippen molar-refractivity contribution in [3.05, 3.63) is 0 Å². The van der Waals surface area contributed by atoms with Crippen molar-refractivity contribution in [3.8, 4) is 0 Å². The van der Waals surface area contributed by atoms with Gasteiger partial charge in [0.25, 0.3) is 0 Å². The highest BCUT2D eigenvalue weighted by atomic mass is 15.2. The second-order valence-electron chi connectivity index (χ2n) is 6.70. The zero-order valence-electron chi connectivity index (χ0n) is 12.5. The van der Waals surface area contributed by atoms with Gasteiger partial charge in [-0.2, -0.15) is 0 Å². The fourth-order valence-electron chi connectivity index (χ4n) is 3.87. The minimum Gasteiger partial charge on any atom is -0.316 e. The molecule has 1 aliphatic carbocycles. The first-order valence-electron chi connectivity index (χ1n) is 8.20. The first kappa shape index (κ1) is 14.3. The Hall–Kier alpha value is -0.0800. The van der Waals surface area contributed by atoms with Crippen molar-refractivity contribution >= 4 is 0 Å². The summed E-state index contributed by atoms with van der Waals surface area (Å²) in [5, 5.41) is 3.70. The van der Waals surface area contributed by atoms with E-state index in [1.165, 1.54) is 77.5 Å². The lowest BCUT2D eigenvalue weighted by Crippen LogP contribution is -2.47. The second kappa shape index (κ2) is 6.91. The molecule has 0 aromatic heterocycles. The molecular weight excluding hydrogens is 220 g/mol. The average Bonchev–Trinajstić information content (AvgIpc) is 2.82. The predicted octanol–water partition coefficient (Wildman–Crippen LogP) is 3.42. The van der Waals surface area contributed by atoms with Crippen LogP contribution in [0.15, 0.2) is 0 Å². The van der Waals surface area contributed by atoms with Crippen molar-refractivity contribution < 1.29 is 0 Å². The third kappa shape index (κ3) is 3.71. The van der Waals surface area contributed by atoms with Crippen LogP contribution in [-0.2, 0) is 0 Å². The maximum absolute atomic E-state index is 3.70. The quantitative estimate of drug-likeness (QED) is 0.729. The predicted molar refractivity (Wildman–Crippen MR) is 78.9 cm³/mol. The first-order chi connectivity index (χ1) is 8.76. The Kier molecular flexibility index (Phi) is 5.50. The second-order valence-corrected chi connectivity index (χ2v) is 6.70. The van der Waals surface area contributed by atoms with Crippen molar-refractivity contribution in [2.75, 3.05) is 26.2 Å². The molecule has 1 unspecified atom stereocenters. The van der Waals surface area contributed by atoms with Crippen LogP contribution in [0.25, 0.3) is 0 Å². The lowest BCUT2D eigenvalue weighted by atomic mass is 9.84. The summed E-state index contributed by atoms with van der Waals surface area (Å²) in [5.74, 6) is 0. The third-order valence-corrected chi connectivity index (χ3v) is 5.07. The Bertz CT molecular complexity index is 233. The molecule has 2 fully saturated rings. The number of hydrogen-bond acceptors (Lipinski definition) is 2. The van der Waals surface area contributed by atoms with Crippen LogP contribution in [0.2, 0.25) is 0 Å². The van der Waals surface area contributed by atoms with E-state index in [9.17, 15) is 0 Å². The highest BCUT2D eigenvalue weighted by Gasteiger charge is 2.36. The number of nitrogens with zero attached hydrogens (tertiary/aromatic N) is 1. The standard InChI is InChI=1S/C16H32N2/c1-3-11-17-13-16(9-5-6-10-16)14-18-12-7-4-8-15(18)2/h15,17H,3-14H2,1-2H3. The van der Waals surface area contributed by atoms with Gasteiger partial charge in [-0.3, -0.25) is 0 Å². The van der Waals surface area contributed by atoms with Crippen LogP contribution < -0.4 is 5.32 Å². The first-order valence-corrected chi connectivity index (χ1v) is 8.20. The van der Waals surface area contributed by atoms with Crippen LogP contribution in [0.3, 0.4) is 0 Å². The molecule has 1 atom stereocenters. The van der Waals surface area contributed by atoms with Gasteiger partial charge in [0.05, 0.1) is 0 Å². The SMILES string of the molecule is CCCNCC1(CN2CCCCC2C)CCCC1. The topological polar surface area (TPSA) is 15.3 Å². The maximum atomic E-state index is 3.70. The molecule has 2 aliphatic rings. The Balaban J connectivity index is 1.88. The summed E-state index contributed by atoms with van der Waals surface area (Å²) in [5.41, 5.74) is 0.598. The molecule has 0 amide bonds. The van der Waals surface area contributed by atoms with Crippen LogP contribution in [0.1, 0.15) is 65.2 Å². The molecule has 1 saturated heterocycles. The van der Waals surface area contributed by atoms with Crippen molar-refractivity contribution in [1.82, 2.24) is 10.2 Å². The fraction of sp³-hybridized carbons (Fsp3) is 1.00. The van der Waals surface area contributed by atoms with Crippen LogP contribution in [0.4, 0.5) is 0 Å². The van der Waals surface area contributed by atoms with Crippen LogP contribution >= 0.6 is 0 Å². The number of piperidine rings is 1. The Labute approximate surface area is 114 Å². The minimum atomic E-state index is 0.598. The number of rotatable bonds is 6. The summed E-state index contributed by atoms with van der Waals surface area (Å²) in [6.07, 6.45) is 11.3. The minimum absolute atomic E-state index is 0.598. The lowest BCUT2D eigenvalue weighted by Gasteiger charge is -2.41. The summed E-state index contributed by atoms with van der Waals surface area (Å²) in [4.78, 5) is 2.78. The van der Waals surface area contributed by atoms with Gasteiger partial charge in [-0.25, -0.2) is 0 Å². The number of nitrogens with one attached hydrogen (secondary N) is 1. The Morgan fingerprint density at radius 3 is 2.61 bits per heavy atom. The van der Waals surface area contributed by atoms with E-state index in [2.05, 4.69) is 24.1 Å². The van der Waals surface area contributed by atoms with E-state index in [0.717, 1.165) is 6.04 Å². The smallest absolute Gasteiger partial charge is 0.00671 e. The molecule has 0 aromatic carbocycles. The van der Waals surface area contributed by atoms with Gasteiger partial charge >= 0.3 is 0 Å².